The fourth-order valence-corrected chi connectivity index (χ4v) is 2.51. The molecule has 0 spiro atoms. The lowest BCUT2D eigenvalue weighted by molar-refractivity contribution is -0.132. The fourth-order valence-electron chi connectivity index (χ4n) is 2.51. The summed E-state index contributed by atoms with van der Waals surface area (Å²) in [4.78, 5) is 25.2. The van der Waals surface area contributed by atoms with Gasteiger partial charge in [0, 0.05) is 37.7 Å². The van der Waals surface area contributed by atoms with Crippen molar-refractivity contribution in [2.45, 2.75) is 39.5 Å². The van der Waals surface area contributed by atoms with E-state index in [0.717, 1.165) is 31.4 Å². The van der Waals surface area contributed by atoms with Gasteiger partial charge in [-0.3, -0.25) is 14.7 Å². The lowest BCUT2D eigenvalue weighted by Gasteiger charge is -2.30. The molecule has 2 heterocycles. The summed E-state index contributed by atoms with van der Waals surface area (Å²) in [6, 6.07) is 1.88. The van der Waals surface area contributed by atoms with E-state index in [1.807, 2.05) is 6.07 Å². The summed E-state index contributed by atoms with van der Waals surface area (Å²) in [5.41, 5.74) is 1.04. The minimum atomic E-state index is -0.0306. The van der Waals surface area contributed by atoms with Crippen molar-refractivity contribution in [3.63, 3.8) is 0 Å². The SMILES string of the molecule is CCCc1cc(NC(=O)C2CCN(C(C)=O)CC2)n[nH]1. The Hall–Kier alpha value is -1.85. The molecule has 110 valence electrons. The molecule has 6 nitrogen and oxygen atoms in total. The molecule has 0 atom stereocenters. The third kappa shape index (κ3) is 3.59. The quantitative estimate of drug-likeness (QED) is 0.877. The predicted octanol–water partition coefficient (Wildman–Crippen LogP) is 1.56. The number of rotatable bonds is 4. The van der Waals surface area contributed by atoms with Gasteiger partial charge in [-0.2, -0.15) is 5.10 Å². The molecule has 0 radical (unpaired) electrons. The van der Waals surface area contributed by atoms with E-state index in [-0.39, 0.29) is 17.7 Å². The molecule has 2 amide bonds. The average Bonchev–Trinajstić information content (AvgIpc) is 2.86. The first kappa shape index (κ1) is 14.6. The highest BCUT2D eigenvalue weighted by Crippen LogP contribution is 2.19. The van der Waals surface area contributed by atoms with Crippen LogP contribution in [0.4, 0.5) is 5.82 Å². The number of hydrogen-bond donors (Lipinski definition) is 2. The van der Waals surface area contributed by atoms with Crippen LogP contribution in [0.1, 0.15) is 38.8 Å². The molecule has 0 bridgehead atoms. The molecule has 2 N–H and O–H groups in total. The van der Waals surface area contributed by atoms with Crippen LogP contribution in [-0.4, -0.2) is 40.0 Å². The number of carbonyl (C=O) groups is 2. The van der Waals surface area contributed by atoms with E-state index >= 15 is 0 Å². The van der Waals surface area contributed by atoms with E-state index in [4.69, 9.17) is 0 Å². The Morgan fingerprint density at radius 2 is 2.15 bits per heavy atom. The van der Waals surface area contributed by atoms with Crippen LogP contribution in [0.25, 0.3) is 0 Å². The van der Waals surface area contributed by atoms with E-state index in [9.17, 15) is 9.59 Å². The summed E-state index contributed by atoms with van der Waals surface area (Å²) in [5, 5.41) is 9.86. The molecule has 0 saturated carbocycles. The molecule has 1 aliphatic rings. The van der Waals surface area contributed by atoms with Crippen molar-refractivity contribution >= 4 is 17.6 Å². The zero-order valence-electron chi connectivity index (χ0n) is 12.1. The van der Waals surface area contributed by atoms with Gasteiger partial charge in [-0.1, -0.05) is 13.3 Å². The number of nitrogens with zero attached hydrogens (tertiary/aromatic N) is 2. The van der Waals surface area contributed by atoms with Gasteiger partial charge >= 0.3 is 0 Å². The van der Waals surface area contributed by atoms with Crippen molar-refractivity contribution in [1.29, 1.82) is 0 Å². The van der Waals surface area contributed by atoms with E-state index in [2.05, 4.69) is 22.4 Å². The van der Waals surface area contributed by atoms with Crippen molar-refractivity contribution in [3.8, 4) is 0 Å². The van der Waals surface area contributed by atoms with Crippen LogP contribution in [-0.2, 0) is 16.0 Å². The number of hydrogen-bond acceptors (Lipinski definition) is 3. The van der Waals surface area contributed by atoms with E-state index in [0.29, 0.717) is 18.9 Å². The van der Waals surface area contributed by atoms with E-state index in [1.165, 1.54) is 0 Å². The first-order chi connectivity index (χ1) is 9.60. The van der Waals surface area contributed by atoms with Crippen LogP contribution in [0.15, 0.2) is 6.07 Å². The Balaban J connectivity index is 1.84. The average molecular weight is 278 g/mol. The summed E-state index contributed by atoms with van der Waals surface area (Å²) in [6.45, 7) is 4.99. The maximum atomic E-state index is 12.1. The van der Waals surface area contributed by atoms with Gasteiger partial charge in [-0.05, 0) is 19.3 Å². The van der Waals surface area contributed by atoms with Gasteiger partial charge in [0.25, 0.3) is 0 Å². The second-order valence-electron chi connectivity index (χ2n) is 5.30. The molecule has 1 aromatic rings. The smallest absolute Gasteiger partial charge is 0.228 e. The van der Waals surface area contributed by atoms with Crippen molar-refractivity contribution in [1.82, 2.24) is 15.1 Å². The van der Waals surface area contributed by atoms with Gasteiger partial charge in [0.15, 0.2) is 5.82 Å². The second kappa shape index (κ2) is 6.54. The minimum Gasteiger partial charge on any atom is -0.343 e. The highest BCUT2D eigenvalue weighted by molar-refractivity contribution is 5.91. The lowest BCUT2D eigenvalue weighted by atomic mass is 9.96. The number of anilines is 1. The largest absolute Gasteiger partial charge is 0.343 e. The molecule has 1 fully saturated rings. The van der Waals surface area contributed by atoms with Crippen LogP contribution in [0.2, 0.25) is 0 Å². The fraction of sp³-hybridized carbons (Fsp3) is 0.643. The molecule has 0 unspecified atom stereocenters. The number of aryl methyl sites for hydroxylation is 1. The molecule has 1 aliphatic heterocycles. The molecule has 0 aliphatic carbocycles. The molecule has 2 rings (SSSR count). The number of piperidine rings is 1. The van der Waals surface area contributed by atoms with Crippen LogP contribution in [0, 0.1) is 5.92 Å². The molecule has 20 heavy (non-hydrogen) atoms. The second-order valence-corrected chi connectivity index (χ2v) is 5.30. The van der Waals surface area contributed by atoms with Gasteiger partial charge in [-0.15, -0.1) is 0 Å². The normalized spacial score (nSPS) is 16.2. The Bertz CT molecular complexity index is 475. The maximum Gasteiger partial charge on any atom is 0.228 e. The Morgan fingerprint density at radius 1 is 1.45 bits per heavy atom. The third-order valence-corrected chi connectivity index (χ3v) is 3.71. The van der Waals surface area contributed by atoms with Gasteiger partial charge in [0.05, 0.1) is 0 Å². The van der Waals surface area contributed by atoms with Crippen LogP contribution in [0.5, 0.6) is 0 Å². The maximum absolute atomic E-state index is 12.1. The highest BCUT2D eigenvalue weighted by atomic mass is 16.2. The molecular formula is C14H22N4O2. The summed E-state index contributed by atoms with van der Waals surface area (Å²) in [5.74, 6) is 0.646. The van der Waals surface area contributed by atoms with E-state index < -0.39 is 0 Å². The third-order valence-electron chi connectivity index (χ3n) is 3.71. The predicted molar refractivity (Wildman–Crippen MR) is 76.2 cm³/mol. The first-order valence-corrected chi connectivity index (χ1v) is 7.20. The Labute approximate surface area is 118 Å². The van der Waals surface area contributed by atoms with E-state index in [1.54, 1.807) is 11.8 Å². The molecule has 1 aromatic heterocycles. The molecule has 1 saturated heterocycles. The highest BCUT2D eigenvalue weighted by Gasteiger charge is 2.26. The summed E-state index contributed by atoms with van der Waals surface area (Å²) < 4.78 is 0. The van der Waals surface area contributed by atoms with Crippen LogP contribution < -0.4 is 5.32 Å². The topological polar surface area (TPSA) is 78.1 Å². The number of amides is 2. The van der Waals surface area contributed by atoms with Crippen molar-refractivity contribution < 1.29 is 9.59 Å². The number of H-pyrrole nitrogens is 1. The number of carbonyl (C=O) groups excluding carboxylic acids is 2. The Kier molecular flexibility index (Phi) is 4.76. The number of aromatic nitrogens is 2. The van der Waals surface area contributed by atoms with Crippen LogP contribution >= 0.6 is 0 Å². The summed E-state index contributed by atoms with van der Waals surface area (Å²) in [7, 11) is 0. The number of likely N-dealkylation sites (tertiary alicyclic amines) is 1. The zero-order valence-corrected chi connectivity index (χ0v) is 12.1. The zero-order chi connectivity index (χ0) is 14.5. The van der Waals surface area contributed by atoms with Gasteiger partial charge in [0.2, 0.25) is 11.8 Å². The molecule has 0 aromatic carbocycles. The molecule has 6 heteroatoms. The van der Waals surface area contributed by atoms with Gasteiger partial charge in [-0.25, -0.2) is 0 Å². The van der Waals surface area contributed by atoms with Crippen molar-refractivity contribution in [2.75, 3.05) is 18.4 Å². The minimum absolute atomic E-state index is 0.00255. The van der Waals surface area contributed by atoms with Crippen molar-refractivity contribution in [3.05, 3.63) is 11.8 Å². The Morgan fingerprint density at radius 3 is 2.75 bits per heavy atom. The van der Waals surface area contributed by atoms with Crippen LogP contribution in [0.3, 0.4) is 0 Å². The summed E-state index contributed by atoms with van der Waals surface area (Å²) >= 11 is 0. The van der Waals surface area contributed by atoms with Gasteiger partial charge < -0.3 is 10.2 Å². The van der Waals surface area contributed by atoms with Crippen molar-refractivity contribution in [2.24, 2.45) is 5.92 Å². The van der Waals surface area contributed by atoms with Gasteiger partial charge in [0.1, 0.15) is 0 Å². The lowest BCUT2D eigenvalue weighted by Crippen LogP contribution is -2.40. The number of nitrogens with one attached hydrogen (secondary N) is 2. The standard InChI is InChI=1S/C14H22N4O2/c1-3-4-12-9-13(17-16-12)15-14(20)11-5-7-18(8-6-11)10(2)19/h9,11H,3-8H2,1-2H3,(H2,15,16,17,20). The number of aromatic amines is 1. The molecular weight excluding hydrogens is 256 g/mol. The monoisotopic (exact) mass is 278 g/mol. The first-order valence-electron chi connectivity index (χ1n) is 7.20. The summed E-state index contributed by atoms with van der Waals surface area (Å²) in [6.07, 6.45) is 3.41.